The van der Waals surface area contributed by atoms with Gasteiger partial charge < -0.3 is 16.0 Å². The van der Waals surface area contributed by atoms with Gasteiger partial charge >= 0.3 is 0 Å². The summed E-state index contributed by atoms with van der Waals surface area (Å²) in [5.41, 5.74) is 11.2. The number of H-pyrrole nitrogens is 1. The molecule has 140 valence electrons. The average Bonchev–Trinajstić information content (AvgIpc) is 3.21. The van der Waals surface area contributed by atoms with Crippen molar-refractivity contribution in [3.05, 3.63) is 42.5 Å². The van der Waals surface area contributed by atoms with Gasteiger partial charge in [0.2, 0.25) is 5.91 Å². The van der Waals surface area contributed by atoms with E-state index >= 15 is 0 Å². The van der Waals surface area contributed by atoms with E-state index in [-0.39, 0.29) is 12.3 Å². The number of aromatic amines is 1. The minimum absolute atomic E-state index is 0.276. The fourth-order valence-corrected chi connectivity index (χ4v) is 3.47. The quantitative estimate of drug-likeness (QED) is 0.475. The SMILES string of the molecule is Cc1c(-c2cc(N)c3cnc(NC(=O)[C@@H]4C[C@@H]4F)cc3c2)cnc2[nH]cnc12. The van der Waals surface area contributed by atoms with E-state index < -0.39 is 12.1 Å². The van der Waals surface area contributed by atoms with Crippen LogP contribution in [0, 0.1) is 12.8 Å². The molecule has 0 saturated heterocycles. The van der Waals surface area contributed by atoms with E-state index in [2.05, 4.69) is 25.3 Å². The third-order valence-electron chi connectivity index (χ3n) is 5.18. The summed E-state index contributed by atoms with van der Waals surface area (Å²) in [6.45, 7) is 1.99. The van der Waals surface area contributed by atoms with Gasteiger partial charge in [0.1, 0.15) is 17.5 Å². The fraction of sp³-hybridized carbons (Fsp3) is 0.200. The van der Waals surface area contributed by atoms with Crippen molar-refractivity contribution >= 4 is 39.3 Å². The monoisotopic (exact) mass is 376 g/mol. The Balaban J connectivity index is 1.57. The molecule has 1 amide bonds. The molecular formula is C20H17FN6O. The molecule has 1 saturated carbocycles. The van der Waals surface area contributed by atoms with E-state index in [4.69, 9.17) is 5.73 Å². The van der Waals surface area contributed by atoms with Crippen molar-refractivity contribution in [1.82, 2.24) is 19.9 Å². The van der Waals surface area contributed by atoms with Crippen LogP contribution in [0.5, 0.6) is 0 Å². The molecule has 4 N–H and O–H groups in total. The number of pyridine rings is 2. The van der Waals surface area contributed by atoms with E-state index in [1.165, 1.54) is 0 Å². The first-order chi connectivity index (χ1) is 13.5. The Morgan fingerprint density at radius 1 is 1.25 bits per heavy atom. The van der Waals surface area contributed by atoms with Gasteiger partial charge in [-0.2, -0.15) is 0 Å². The molecule has 1 aliphatic rings. The largest absolute Gasteiger partial charge is 0.398 e. The van der Waals surface area contributed by atoms with Crippen molar-refractivity contribution < 1.29 is 9.18 Å². The number of hydrogen-bond acceptors (Lipinski definition) is 5. The molecule has 4 aromatic rings. The summed E-state index contributed by atoms with van der Waals surface area (Å²) >= 11 is 0. The maximum absolute atomic E-state index is 13.1. The van der Waals surface area contributed by atoms with E-state index in [0.717, 1.165) is 38.6 Å². The first-order valence-corrected chi connectivity index (χ1v) is 8.94. The van der Waals surface area contributed by atoms with Gasteiger partial charge in [-0.05, 0) is 48.1 Å². The zero-order valence-corrected chi connectivity index (χ0v) is 15.0. The number of carbonyl (C=O) groups is 1. The van der Waals surface area contributed by atoms with Crippen LogP contribution in [0.15, 0.2) is 36.9 Å². The molecule has 7 nitrogen and oxygen atoms in total. The fourth-order valence-electron chi connectivity index (χ4n) is 3.47. The number of hydrogen-bond donors (Lipinski definition) is 3. The number of nitrogen functional groups attached to an aromatic ring is 1. The van der Waals surface area contributed by atoms with Gasteiger partial charge in [0.25, 0.3) is 0 Å². The van der Waals surface area contributed by atoms with Crippen LogP contribution in [-0.4, -0.2) is 32.0 Å². The van der Waals surface area contributed by atoms with Crippen LogP contribution >= 0.6 is 0 Å². The normalized spacial score (nSPS) is 18.5. The van der Waals surface area contributed by atoms with Gasteiger partial charge in [0.05, 0.1) is 12.2 Å². The standard InChI is InChI=1S/C20H17FN6O/c1-9-13(6-24-19-18(9)25-8-26-19)10-2-11-4-17(23-7-14(11)16(22)3-10)27-20(28)12-5-15(12)21/h2-4,6-8,12,15H,5,22H2,1H3,(H,23,27,28)(H,24,25,26)/t12-,15+/m1/s1. The van der Waals surface area contributed by atoms with Crippen molar-refractivity contribution in [2.24, 2.45) is 5.92 Å². The van der Waals surface area contributed by atoms with E-state index in [1.54, 1.807) is 24.8 Å². The second-order valence-electron chi connectivity index (χ2n) is 7.10. The summed E-state index contributed by atoms with van der Waals surface area (Å²) in [5, 5.41) is 4.29. The van der Waals surface area contributed by atoms with Crippen LogP contribution in [0.3, 0.4) is 0 Å². The molecule has 8 heteroatoms. The zero-order chi connectivity index (χ0) is 19.4. The Hall–Kier alpha value is -3.55. The van der Waals surface area contributed by atoms with Crippen LogP contribution < -0.4 is 11.1 Å². The van der Waals surface area contributed by atoms with Gasteiger partial charge in [-0.25, -0.2) is 19.3 Å². The number of amides is 1. The lowest BCUT2D eigenvalue weighted by Gasteiger charge is -2.11. The number of halogens is 1. The van der Waals surface area contributed by atoms with Gasteiger partial charge in [0.15, 0.2) is 5.65 Å². The molecule has 0 aliphatic heterocycles. The number of imidazole rings is 1. The molecule has 1 aromatic carbocycles. The molecule has 3 aromatic heterocycles. The second-order valence-corrected chi connectivity index (χ2v) is 7.10. The molecule has 1 fully saturated rings. The number of fused-ring (bicyclic) bond motifs is 2. The lowest BCUT2D eigenvalue weighted by molar-refractivity contribution is -0.117. The van der Waals surface area contributed by atoms with E-state index in [0.29, 0.717) is 11.5 Å². The molecule has 28 heavy (non-hydrogen) atoms. The number of nitrogens with two attached hydrogens (primary N) is 1. The van der Waals surface area contributed by atoms with Crippen LogP contribution in [0.4, 0.5) is 15.9 Å². The van der Waals surface area contributed by atoms with Crippen molar-refractivity contribution in [2.75, 3.05) is 11.1 Å². The predicted octanol–water partition coefficient (Wildman–Crippen LogP) is 3.36. The maximum Gasteiger partial charge on any atom is 0.231 e. The lowest BCUT2D eigenvalue weighted by Crippen LogP contribution is -2.15. The van der Waals surface area contributed by atoms with Gasteiger partial charge in [-0.15, -0.1) is 0 Å². The molecule has 0 spiro atoms. The number of rotatable bonds is 3. The zero-order valence-electron chi connectivity index (χ0n) is 15.0. The summed E-state index contributed by atoms with van der Waals surface area (Å²) < 4.78 is 13.1. The Morgan fingerprint density at radius 2 is 2.07 bits per heavy atom. The van der Waals surface area contributed by atoms with E-state index in [9.17, 15) is 9.18 Å². The minimum atomic E-state index is -1.05. The second kappa shape index (κ2) is 5.98. The summed E-state index contributed by atoms with van der Waals surface area (Å²) in [7, 11) is 0. The van der Waals surface area contributed by atoms with Crippen LogP contribution in [-0.2, 0) is 4.79 Å². The Labute approximate surface area is 159 Å². The van der Waals surface area contributed by atoms with Crippen LogP contribution in [0.2, 0.25) is 0 Å². The Kier molecular flexibility index (Phi) is 3.55. The topological polar surface area (TPSA) is 110 Å². The van der Waals surface area contributed by atoms with E-state index in [1.807, 2.05) is 19.1 Å². The predicted molar refractivity (Wildman–Crippen MR) is 105 cm³/mol. The first kappa shape index (κ1) is 16.6. The minimum Gasteiger partial charge on any atom is -0.398 e. The average molecular weight is 376 g/mol. The number of nitrogens with one attached hydrogen (secondary N) is 2. The number of aromatic nitrogens is 4. The van der Waals surface area contributed by atoms with Gasteiger partial charge in [-0.1, -0.05) is 0 Å². The first-order valence-electron chi connectivity index (χ1n) is 8.94. The molecule has 5 rings (SSSR count). The third kappa shape index (κ3) is 2.65. The van der Waals surface area contributed by atoms with Crippen molar-refractivity contribution in [3.8, 4) is 11.1 Å². The molecule has 0 radical (unpaired) electrons. The van der Waals surface area contributed by atoms with Crippen LogP contribution in [0.25, 0.3) is 33.1 Å². The van der Waals surface area contributed by atoms with Crippen molar-refractivity contribution in [3.63, 3.8) is 0 Å². The number of anilines is 2. The number of carbonyl (C=O) groups excluding carboxylic acids is 1. The highest BCUT2D eigenvalue weighted by Gasteiger charge is 2.43. The molecular weight excluding hydrogens is 359 g/mol. The highest BCUT2D eigenvalue weighted by molar-refractivity contribution is 6.00. The Bertz CT molecular complexity index is 1250. The molecule has 3 heterocycles. The Morgan fingerprint density at radius 3 is 2.86 bits per heavy atom. The number of alkyl halides is 1. The smallest absolute Gasteiger partial charge is 0.231 e. The summed E-state index contributed by atoms with van der Waals surface area (Å²) in [4.78, 5) is 28.0. The number of nitrogens with zero attached hydrogens (tertiary/aromatic N) is 3. The number of benzene rings is 1. The molecule has 0 unspecified atom stereocenters. The van der Waals surface area contributed by atoms with Crippen molar-refractivity contribution in [1.29, 1.82) is 0 Å². The number of aryl methyl sites for hydroxylation is 1. The third-order valence-corrected chi connectivity index (χ3v) is 5.18. The summed E-state index contributed by atoms with van der Waals surface area (Å²) in [5.74, 6) is -0.526. The highest BCUT2D eigenvalue weighted by Crippen LogP contribution is 2.36. The van der Waals surface area contributed by atoms with Crippen molar-refractivity contribution in [2.45, 2.75) is 19.5 Å². The molecule has 1 aliphatic carbocycles. The summed E-state index contributed by atoms with van der Waals surface area (Å²) in [6.07, 6.45) is 4.25. The maximum atomic E-state index is 13.1. The molecule has 2 atom stereocenters. The van der Waals surface area contributed by atoms with Gasteiger partial charge in [0, 0.05) is 29.0 Å². The van der Waals surface area contributed by atoms with Gasteiger partial charge in [-0.3, -0.25) is 4.79 Å². The lowest BCUT2D eigenvalue weighted by atomic mass is 9.98. The van der Waals surface area contributed by atoms with Crippen LogP contribution in [0.1, 0.15) is 12.0 Å². The highest BCUT2D eigenvalue weighted by atomic mass is 19.1. The molecule has 0 bridgehead atoms. The summed E-state index contributed by atoms with van der Waals surface area (Å²) in [6, 6.07) is 5.60.